The fourth-order valence-electron chi connectivity index (χ4n) is 3.81. The van der Waals surface area contributed by atoms with Crippen molar-refractivity contribution in [2.45, 2.75) is 36.0 Å². The third-order valence-electron chi connectivity index (χ3n) is 5.46. The van der Waals surface area contributed by atoms with Crippen LogP contribution in [-0.4, -0.2) is 23.9 Å². The maximum atomic E-state index is 13.1. The highest BCUT2D eigenvalue weighted by molar-refractivity contribution is 7.93. The molecule has 1 aliphatic carbocycles. The Kier molecular flexibility index (Phi) is 5.87. The minimum Gasteiger partial charge on any atom is -0.495 e. The second kappa shape index (κ2) is 8.48. The van der Waals surface area contributed by atoms with Gasteiger partial charge in [-0.3, -0.25) is 9.44 Å². The maximum Gasteiger partial charge on any atom is 0.262 e. The average molecular weight is 473 g/mol. The molecular formula is C23H24N2O5S2. The van der Waals surface area contributed by atoms with Gasteiger partial charge in [0.1, 0.15) is 5.75 Å². The molecule has 4 rings (SSSR count). The van der Waals surface area contributed by atoms with Crippen molar-refractivity contribution in [3.8, 4) is 5.75 Å². The van der Waals surface area contributed by atoms with Crippen LogP contribution in [0.25, 0.3) is 0 Å². The topological polar surface area (TPSA) is 102 Å². The van der Waals surface area contributed by atoms with Crippen LogP contribution in [0.4, 0.5) is 11.4 Å². The van der Waals surface area contributed by atoms with Gasteiger partial charge in [-0.15, -0.1) is 0 Å². The van der Waals surface area contributed by atoms with Crippen LogP contribution in [0, 0.1) is 6.92 Å². The van der Waals surface area contributed by atoms with Gasteiger partial charge in [0.2, 0.25) is 0 Å². The second-order valence-electron chi connectivity index (χ2n) is 7.68. The van der Waals surface area contributed by atoms with E-state index in [2.05, 4.69) is 9.44 Å². The van der Waals surface area contributed by atoms with Crippen LogP contribution in [-0.2, 0) is 32.9 Å². The van der Waals surface area contributed by atoms with Gasteiger partial charge in [0.25, 0.3) is 20.0 Å². The Morgan fingerprint density at radius 1 is 0.812 bits per heavy atom. The third kappa shape index (κ3) is 4.44. The summed E-state index contributed by atoms with van der Waals surface area (Å²) in [5.41, 5.74) is 3.15. The fourth-order valence-corrected chi connectivity index (χ4v) is 6.25. The summed E-state index contributed by atoms with van der Waals surface area (Å²) in [6.45, 7) is 1.65. The van der Waals surface area contributed by atoms with Crippen LogP contribution >= 0.6 is 0 Å². The number of methoxy groups -OCH3 is 1. The number of sulfonamides is 2. The normalized spacial score (nSPS) is 13.4. The Bertz CT molecular complexity index is 1380. The number of para-hydroxylation sites is 2. The number of aryl methyl sites for hydroxylation is 3. The molecule has 9 heteroatoms. The van der Waals surface area contributed by atoms with E-state index in [0.717, 1.165) is 24.8 Å². The number of hydrogen-bond donors (Lipinski definition) is 2. The standard InChI is InChI=1S/C23H24N2O5S2/c1-16-10-12-19(24-31(26,27)20-13-11-17-6-5-7-18(17)14-20)15-23(16)32(28,29)25-21-8-3-4-9-22(21)30-2/h3-4,8-15,24-25H,5-7H2,1-2H3. The Balaban J connectivity index is 1.64. The molecule has 7 nitrogen and oxygen atoms in total. The molecule has 0 radical (unpaired) electrons. The van der Waals surface area contributed by atoms with Crippen LogP contribution in [0.2, 0.25) is 0 Å². The van der Waals surface area contributed by atoms with E-state index in [1.807, 2.05) is 6.07 Å². The number of hydrogen-bond acceptors (Lipinski definition) is 5. The minimum atomic E-state index is -3.99. The van der Waals surface area contributed by atoms with Crippen LogP contribution in [0.15, 0.2) is 70.5 Å². The molecule has 0 bridgehead atoms. The molecule has 0 saturated carbocycles. The Labute approximate surface area is 188 Å². The average Bonchev–Trinajstić information content (AvgIpc) is 3.23. The molecule has 2 N–H and O–H groups in total. The van der Waals surface area contributed by atoms with Crippen molar-refractivity contribution in [3.63, 3.8) is 0 Å². The first-order valence-corrected chi connectivity index (χ1v) is 13.1. The Morgan fingerprint density at radius 3 is 2.34 bits per heavy atom. The summed E-state index contributed by atoms with van der Waals surface area (Å²) in [5, 5.41) is 0. The Morgan fingerprint density at radius 2 is 1.56 bits per heavy atom. The van der Waals surface area contributed by atoms with Gasteiger partial charge in [0.05, 0.1) is 28.3 Å². The number of rotatable bonds is 7. The van der Waals surface area contributed by atoms with Gasteiger partial charge < -0.3 is 4.74 Å². The summed E-state index contributed by atoms with van der Waals surface area (Å²) in [4.78, 5) is 0.132. The van der Waals surface area contributed by atoms with Gasteiger partial charge in [-0.25, -0.2) is 16.8 Å². The first kappa shape index (κ1) is 22.2. The predicted molar refractivity (Wildman–Crippen MR) is 124 cm³/mol. The molecule has 3 aromatic rings. The maximum absolute atomic E-state index is 13.1. The summed E-state index contributed by atoms with van der Waals surface area (Å²) in [7, 11) is -6.41. The van der Waals surface area contributed by atoms with Crippen molar-refractivity contribution < 1.29 is 21.6 Å². The Hall–Kier alpha value is -3.04. The first-order valence-electron chi connectivity index (χ1n) is 10.1. The molecule has 1 aliphatic rings. The molecule has 168 valence electrons. The zero-order chi connectivity index (χ0) is 22.9. The van der Waals surface area contributed by atoms with E-state index >= 15 is 0 Å². The quantitative estimate of drug-likeness (QED) is 0.539. The minimum absolute atomic E-state index is 0.0300. The number of benzene rings is 3. The lowest BCUT2D eigenvalue weighted by Gasteiger charge is -2.15. The highest BCUT2D eigenvalue weighted by atomic mass is 32.2. The summed E-state index contributed by atoms with van der Waals surface area (Å²) in [6.07, 6.45) is 2.84. The van der Waals surface area contributed by atoms with Crippen LogP contribution < -0.4 is 14.2 Å². The van der Waals surface area contributed by atoms with Gasteiger partial charge in [-0.2, -0.15) is 0 Å². The van der Waals surface area contributed by atoms with E-state index in [1.165, 1.54) is 18.7 Å². The fraction of sp³-hybridized carbons (Fsp3) is 0.217. The molecule has 0 amide bonds. The summed E-state index contributed by atoms with van der Waals surface area (Å²) < 4.78 is 62.2. The zero-order valence-electron chi connectivity index (χ0n) is 17.8. The molecule has 3 aromatic carbocycles. The van der Waals surface area contributed by atoms with Gasteiger partial charge in [-0.1, -0.05) is 24.3 Å². The van der Waals surface area contributed by atoms with E-state index in [1.54, 1.807) is 55.5 Å². The van der Waals surface area contributed by atoms with Crippen LogP contribution in [0.3, 0.4) is 0 Å². The molecule has 0 atom stereocenters. The summed E-state index contributed by atoms with van der Waals surface area (Å²) in [5.74, 6) is 0.377. The van der Waals surface area contributed by atoms with Gasteiger partial charge in [0, 0.05) is 0 Å². The van der Waals surface area contributed by atoms with Crippen LogP contribution in [0.1, 0.15) is 23.1 Å². The van der Waals surface area contributed by atoms with Crippen molar-refractivity contribution in [1.82, 2.24) is 0 Å². The van der Waals surface area contributed by atoms with Crippen molar-refractivity contribution in [2.24, 2.45) is 0 Å². The summed E-state index contributed by atoms with van der Waals surface area (Å²) >= 11 is 0. The monoisotopic (exact) mass is 472 g/mol. The SMILES string of the molecule is COc1ccccc1NS(=O)(=O)c1cc(NS(=O)(=O)c2ccc3c(c2)CCC3)ccc1C. The highest BCUT2D eigenvalue weighted by Gasteiger charge is 2.22. The molecule has 32 heavy (non-hydrogen) atoms. The number of fused-ring (bicyclic) bond motifs is 1. The van der Waals surface area contributed by atoms with Crippen molar-refractivity contribution in [2.75, 3.05) is 16.6 Å². The zero-order valence-corrected chi connectivity index (χ0v) is 19.4. The second-order valence-corrected chi connectivity index (χ2v) is 11.0. The molecule has 0 spiro atoms. The van der Waals surface area contributed by atoms with E-state index in [4.69, 9.17) is 4.74 Å². The van der Waals surface area contributed by atoms with E-state index in [-0.39, 0.29) is 15.5 Å². The third-order valence-corrected chi connectivity index (χ3v) is 8.35. The number of ether oxygens (including phenoxy) is 1. The first-order chi connectivity index (χ1) is 15.2. The smallest absolute Gasteiger partial charge is 0.262 e. The van der Waals surface area contributed by atoms with E-state index in [9.17, 15) is 16.8 Å². The molecule has 0 fully saturated rings. The van der Waals surface area contributed by atoms with Gasteiger partial charge in [0.15, 0.2) is 0 Å². The summed E-state index contributed by atoms with van der Waals surface area (Å²) in [6, 6.07) is 16.2. The number of nitrogens with one attached hydrogen (secondary N) is 2. The lowest BCUT2D eigenvalue weighted by atomic mass is 10.1. The van der Waals surface area contributed by atoms with Crippen molar-refractivity contribution >= 4 is 31.4 Å². The van der Waals surface area contributed by atoms with Gasteiger partial charge >= 0.3 is 0 Å². The molecule has 0 heterocycles. The largest absolute Gasteiger partial charge is 0.495 e. The lowest BCUT2D eigenvalue weighted by molar-refractivity contribution is 0.417. The molecule has 0 unspecified atom stereocenters. The van der Waals surface area contributed by atoms with Crippen LogP contribution in [0.5, 0.6) is 5.75 Å². The number of anilines is 2. The highest BCUT2D eigenvalue weighted by Crippen LogP contribution is 2.30. The molecule has 0 aromatic heterocycles. The van der Waals surface area contributed by atoms with Gasteiger partial charge in [-0.05, 0) is 79.3 Å². The predicted octanol–water partition coefficient (Wildman–Crippen LogP) is 4.09. The van der Waals surface area contributed by atoms with Crippen molar-refractivity contribution in [3.05, 3.63) is 77.4 Å². The lowest BCUT2D eigenvalue weighted by Crippen LogP contribution is -2.17. The van der Waals surface area contributed by atoms with E-state index in [0.29, 0.717) is 17.0 Å². The van der Waals surface area contributed by atoms with Crippen molar-refractivity contribution in [1.29, 1.82) is 0 Å². The molecule has 0 saturated heterocycles. The molecular weight excluding hydrogens is 448 g/mol. The molecule has 0 aliphatic heterocycles. The van der Waals surface area contributed by atoms with E-state index < -0.39 is 20.0 Å².